The Labute approximate surface area is 387 Å². The molecular weight excluding hydrogens is 875 g/mol. The van der Waals surface area contributed by atoms with E-state index in [0.29, 0.717) is 46.1 Å². The highest BCUT2D eigenvalue weighted by Crippen LogP contribution is 2.34. The minimum Gasteiger partial charge on any atom is -0.493 e. The number of benzene rings is 6. The summed E-state index contributed by atoms with van der Waals surface area (Å²) >= 11 is 6.04. The minimum absolute atomic E-state index is 0.0897. The first kappa shape index (κ1) is 50.7. The lowest BCUT2D eigenvalue weighted by atomic mass is 9.94. The molecule has 66 heavy (non-hydrogen) atoms. The van der Waals surface area contributed by atoms with Crippen molar-refractivity contribution in [3.8, 4) is 11.5 Å². The molecule has 4 N–H and O–H groups in total. The maximum atomic E-state index is 14.8. The van der Waals surface area contributed by atoms with Crippen LogP contribution in [0.3, 0.4) is 0 Å². The molecule has 0 aliphatic rings. The third-order valence-corrected chi connectivity index (χ3v) is 11.3. The summed E-state index contributed by atoms with van der Waals surface area (Å²) in [4.78, 5) is 25.4. The van der Waals surface area contributed by atoms with E-state index in [2.05, 4.69) is 21.3 Å². The SMILES string of the molecule is CNC(=O)C(NC(CCc1ccc(Cl)cc1)c1ccc(OC)c(OC)c1)c1ccccc1.CNC(=O)[C@H](N[C@@H](CCc1ccc(C(F)(F)F)cc1)c1cc(C)ccc1F)c1ccc(F)cc1. The molecule has 0 aromatic heterocycles. The first-order chi connectivity index (χ1) is 31.6. The van der Waals surface area contributed by atoms with Crippen LogP contribution in [-0.2, 0) is 28.6 Å². The largest absolute Gasteiger partial charge is 0.493 e. The highest BCUT2D eigenvalue weighted by molar-refractivity contribution is 6.30. The second-order valence-electron chi connectivity index (χ2n) is 15.5. The van der Waals surface area contributed by atoms with Crippen LogP contribution in [-0.4, -0.2) is 40.1 Å². The Morgan fingerprint density at radius 3 is 1.67 bits per heavy atom. The summed E-state index contributed by atoms with van der Waals surface area (Å²) in [5.41, 5.74) is 4.65. The van der Waals surface area contributed by atoms with Crippen molar-refractivity contribution in [2.75, 3.05) is 28.3 Å². The lowest BCUT2D eigenvalue weighted by Gasteiger charge is -2.26. The number of carbonyl (C=O) groups is 2. The molecule has 2 amide bonds. The van der Waals surface area contributed by atoms with E-state index in [1.165, 1.54) is 55.1 Å². The highest BCUT2D eigenvalue weighted by atomic mass is 35.5. The summed E-state index contributed by atoms with van der Waals surface area (Å²) < 4.78 is 77.7. The van der Waals surface area contributed by atoms with Gasteiger partial charge in [-0.15, -0.1) is 0 Å². The van der Waals surface area contributed by atoms with Crippen molar-refractivity contribution in [2.45, 2.75) is 63.0 Å². The fourth-order valence-electron chi connectivity index (χ4n) is 7.45. The Morgan fingerprint density at radius 2 is 1.12 bits per heavy atom. The maximum Gasteiger partial charge on any atom is 0.416 e. The van der Waals surface area contributed by atoms with E-state index in [-0.39, 0.29) is 17.9 Å². The number of hydrogen-bond acceptors (Lipinski definition) is 6. The fraction of sp³-hybridized carbons (Fsp3) is 0.269. The third-order valence-electron chi connectivity index (χ3n) is 11.1. The van der Waals surface area contributed by atoms with Gasteiger partial charge in [0.1, 0.15) is 23.7 Å². The van der Waals surface area contributed by atoms with Crippen molar-refractivity contribution in [1.29, 1.82) is 0 Å². The molecule has 0 saturated heterocycles. The van der Waals surface area contributed by atoms with Crippen LogP contribution in [0, 0.1) is 18.6 Å². The van der Waals surface area contributed by atoms with Gasteiger partial charge in [0.05, 0.1) is 19.8 Å². The second kappa shape index (κ2) is 24.3. The van der Waals surface area contributed by atoms with Crippen molar-refractivity contribution in [3.05, 3.63) is 201 Å². The van der Waals surface area contributed by atoms with E-state index < -0.39 is 41.5 Å². The van der Waals surface area contributed by atoms with Gasteiger partial charge in [-0.2, -0.15) is 13.2 Å². The summed E-state index contributed by atoms with van der Waals surface area (Å²) in [6.07, 6.45) is -2.19. The number of hydrogen-bond donors (Lipinski definition) is 4. The number of carbonyl (C=O) groups excluding carboxylic acids is 2. The molecule has 6 rings (SSSR count). The molecule has 0 heterocycles. The van der Waals surface area contributed by atoms with Gasteiger partial charge in [0.2, 0.25) is 11.8 Å². The van der Waals surface area contributed by atoms with Gasteiger partial charge < -0.3 is 20.1 Å². The average molecular weight is 929 g/mol. The molecule has 0 aliphatic heterocycles. The highest BCUT2D eigenvalue weighted by Gasteiger charge is 2.31. The van der Waals surface area contributed by atoms with E-state index >= 15 is 0 Å². The van der Waals surface area contributed by atoms with Gasteiger partial charge in [0, 0.05) is 36.8 Å². The Kier molecular flexibility index (Phi) is 18.7. The molecule has 14 heteroatoms. The van der Waals surface area contributed by atoms with E-state index in [4.69, 9.17) is 21.1 Å². The normalized spacial score (nSPS) is 13.0. The van der Waals surface area contributed by atoms with Gasteiger partial charge in [0.15, 0.2) is 11.5 Å². The number of likely N-dealkylation sites (N-methyl/N-ethyl adjacent to an activating group) is 2. The van der Waals surface area contributed by atoms with Crippen molar-refractivity contribution in [2.24, 2.45) is 0 Å². The number of rotatable bonds is 18. The van der Waals surface area contributed by atoms with E-state index in [1.807, 2.05) is 79.7 Å². The quantitative estimate of drug-likeness (QED) is 0.0641. The third kappa shape index (κ3) is 14.4. The van der Waals surface area contributed by atoms with Crippen molar-refractivity contribution < 1.29 is 41.0 Å². The summed E-state index contributed by atoms with van der Waals surface area (Å²) in [5.74, 6) is -0.0845. The summed E-state index contributed by atoms with van der Waals surface area (Å²) in [7, 11) is 6.35. The molecule has 0 fully saturated rings. The minimum atomic E-state index is -4.43. The van der Waals surface area contributed by atoms with Crippen LogP contribution in [0.15, 0.2) is 140 Å². The van der Waals surface area contributed by atoms with Gasteiger partial charge in [-0.05, 0) is 115 Å². The number of amides is 2. The van der Waals surface area contributed by atoms with E-state index in [0.717, 1.165) is 41.7 Å². The summed E-state index contributed by atoms with van der Waals surface area (Å²) in [6, 6.07) is 36.2. The standard InChI is InChI=1S/C26H29ClN2O3.C26H25F5N2O/c1-28-26(30)25(19-7-5-4-6-8-19)29-22(15-11-18-9-13-21(27)14-10-18)20-12-16-23(31-2)24(17-20)32-3;1-16-3-13-22(28)21(15-16)23(14-6-17-4-9-19(10-5-17)26(29,30)31)33-24(25(34)32-2)18-7-11-20(27)12-8-18/h4-10,12-14,16-17,22,25,29H,11,15H2,1-3H3,(H,28,30);3-5,7-13,15,23-24,33H,6,14H2,1-2H3,(H,32,34)/t;23-,24+/m.0/s1. The van der Waals surface area contributed by atoms with Gasteiger partial charge >= 0.3 is 6.18 Å². The van der Waals surface area contributed by atoms with Crippen LogP contribution in [0.4, 0.5) is 22.0 Å². The zero-order valence-corrected chi connectivity index (χ0v) is 38.1. The van der Waals surface area contributed by atoms with Crippen LogP contribution in [0.2, 0.25) is 5.02 Å². The van der Waals surface area contributed by atoms with Crippen molar-refractivity contribution in [1.82, 2.24) is 21.3 Å². The van der Waals surface area contributed by atoms with Crippen LogP contribution in [0.1, 0.15) is 81.5 Å². The molecule has 0 radical (unpaired) electrons. The van der Waals surface area contributed by atoms with Crippen molar-refractivity contribution in [3.63, 3.8) is 0 Å². The number of alkyl halides is 3. The van der Waals surface area contributed by atoms with E-state index in [1.54, 1.807) is 33.4 Å². The first-order valence-electron chi connectivity index (χ1n) is 21.3. The Morgan fingerprint density at radius 1 is 0.606 bits per heavy atom. The van der Waals surface area contributed by atoms with Gasteiger partial charge in [-0.3, -0.25) is 20.2 Å². The van der Waals surface area contributed by atoms with Crippen LogP contribution in [0.5, 0.6) is 11.5 Å². The van der Waals surface area contributed by atoms with Gasteiger partial charge in [0.25, 0.3) is 0 Å². The number of aryl methyl sites for hydroxylation is 3. The fourth-order valence-corrected chi connectivity index (χ4v) is 7.57. The zero-order valence-electron chi connectivity index (χ0n) is 37.3. The number of methoxy groups -OCH3 is 2. The van der Waals surface area contributed by atoms with Crippen molar-refractivity contribution >= 4 is 23.4 Å². The molecule has 6 aromatic carbocycles. The monoisotopic (exact) mass is 928 g/mol. The maximum absolute atomic E-state index is 14.8. The van der Waals surface area contributed by atoms with Gasteiger partial charge in [-0.25, -0.2) is 8.78 Å². The molecule has 348 valence electrons. The summed E-state index contributed by atoms with van der Waals surface area (Å²) in [5, 5.41) is 12.8. The molecule has 2 unspecified atom stereocenters. The van der Waals surface area contributed by atoms with Gasteiger partial charge in [-0.1, -0.05) is 102 Å². The zero-order chi connectivity index (χ0) is 47.8. The molecule has 6 aromatic rings. The number of halogens is 6. The number of nitrogens with one attached hydrogen (secondary N) is 4. The Balaban J connectivity index is 0.000000248. The average Bonchev–Trinajstić information content (AvgIpc) is 3.33. The molecule has 0 aliphatic carbocycles. The molecular formula is C52H54ClF5N4O4. The first-order valence-corrected chi connectivity index (χ1v) is 21.7. The van der Waals surface area contributed by atoms with Crippen LogP contribution >= 0.6 is 11.6 Å². The predicted molar refractivity (Wildman–Crippen MR) is 248 cm³/mol. The predicted octanol–water partition coefficient (Wildman–Crippen LogP) is 11.2. The van der Waals surface area contributed by atoms with E-state index in [9.17, 15) is 31.5 Å². The topological polar surface area (TPSA) is 101 Å². The lowest BCUT2D eigenvalue weighted by Crippen LogP contribution is -2.38. The summed E-state index contributed by atoms with van der Waals surface area (Å²) in [6.45, 7) is 1.81. The second-order valence-corrected chi connectivity index (χ2v) is 16.0. The molecule has 0 saturated carbocycles. The number of ether oxygens (including phenoxy) is 2. The molecule has 0 spiro atoms. The molecule has 0 bridgehead atoms. The molecule has 8 nitrogen and oxygen atoms in total. The smallest absolute Gasteiger partial charge is 0.416 e. The Hall–Kier alpha value is -6.28. The van der Waals surface area contributed by atoms with Crippen LogP contribution in [0.25, 0.3) is 0 Å². The van der Waals surface area contributed by atoms with Crippen LogP contribution < -0.4 is 30.7 Å². The lowest BCUT2D eigenvalue weighted by molar-refractivity contribution is -0.137. The molecule has 4 atom stereocenters. The Bertz CT molecular complexity index is 2470.